The molecule has 4 heteroatoms. The van der Waals surface area contributed by atoms with Crippen LogP contribution in [0.3, 0.4) is 0 Å². The average molecular weight is 318 g/mol. The third-order valence-corrected chi connectivity index (χ3v) is 3.90. The van der Waals surface area contributed by atoms with Gasteiger partial charge in [-0.15, -0.1) is 0 Å². The van der Waals surface area contributed by atoms with Crippen LogP contribution in [-0.4, -0.2) is 16.7 Å². The first-order valence-electron chi connectivity index (χ1n) is 7.68. The molecule has 0 bridgehead atoms. The number of aromatic hydroxyl groups is 1. The molecule has 0 aromatic heterocycles. The summed E-state index contributed by atoms with van der Waals surface area (Å²) >= 11 is 0. The largest absolute Gasteiger partial charge is 0.507 e. The number of carbonyl (C=O) groups is 1. The number of phenols is 1. The number of hydrogen-bond acceptors (Lipinski definition) is 3. The van der Waals surface area contributed by atoms with Crippen LogP contribution >= 0.6 is 0 Å². The van der Waals surface area contributed by atoms with Gasteiger partial charge in [-0.3, -0.25) is 4.79 Å². The van der Waals surface area contributed by atoms with E-state index in [-0.39, 0.29) is 11.7 Å². The van der Waals surface area contributed by atoms with Crippen LogP contribution < -0.4 is 5.43 Å². The van der Waals surface area contributed by atoms with Crippen molar-refractivity contribution in [2.75, 3.05) is 0 Å². The van der Waals surface area contributed by atoms with Crippen LogP contribution in [0.25, 0.3) is 10.8 Å². The van der Waals surface area contributed by atoms with Crippen LogP contribution in [0.1, 0.15) is 28.4 Å². The highest BCUT2D eigenvalue weighted by Crippen LogP contribution is 2.28. The third kappa shape index (κ3) is 3.13. The van der Waals surface area contributed by atoms with Gasteiger partial charge in [-0.1, -0.05) is 48.0 Å². The lowest BCUT2D eigenvalue weighted by molar-refractivity contribution is 0.0954. The van der Waals surface area contributed by atoms with E-state index in [1.165, 1.54) is 0 Å². The zero-order valence-electron chi connectivity index (χ0n) is 13.6. The first-order chi connectivity index (χ1) is 11.6. The number of carbonyl (C=O) groups excluding carboxylic acids is 1. The molecule has 0 heterocycles. The van der Waals surface area contributed by atoms with Gasteiger partial charge in [0.15, 0.2) is 0 Å². The van der Waals surface area contributed by atoms with Gasteiger partial charge in [0, 0.05) is 16.5 Å². The highest BCUT2D eigenvalue weighted by Gasteiger charge is 2.10. The fourth-order valence-corrected chi connectivity index (χ4v) is 2.59. The lowest BCUT2D eigenvalue weighted by Crippen LogP contribution is -2.19. The first kappa shape index (κ1) is 15.7. The SMILES string of the molecule is CC(=NNC(=O)c1cccc(C)c1)c1ccc2ccccc2c1O. The number of hydrogen-bond donors (Lipinski definition) is 2. The topological polar surface area (TPSA) is 61.7 Å². The molecule has 1 amide bonds. The maximum atomic E-state index is 12.1. The van der Waals surface area contributed by atoms with Gasteiger partial charge in [0.2, 0.25) is 0 Å². The molecular formula is C20H18N2O2. The van der Waals surface area contributed by atoms with Gasteiger partial charge in [-0.2, -0.15) is 5.10 Å². The molecule has 0 unspecified atom stereocenters. The predicted molar refractivity (Wildman–Crippen MR) is 96.5 cm³/mol. The minimum absolute atomic E-state index is 0.166. The van der Waals surface area contributed by atoms with E-state index in [1.54, 1.807) is 25.1 Å². The third-order valence-electron chi connectivity index (χ3n) is 3.90. The number of hydrazone groups is 1. The number of nitrogens with one attached hydrogen (secondary N) is 1. The summed E-state index contributed by atoms with van der Waals surface area (Å²) in [4.78, 5) is 12.1. The number of phenolic OH excluding ortho intramolecular Hbond substituents is 1. The molecule has 0 radical (unpaired) electrons. The molecule has 0 aliphatic rings. The van der Waals surface area contributed by atoms with Gasteiger partial charge >= 0.3 is 0 Å². The fourth-order valence-electron chi connectivity index (χ4n) is 2.59. The van der Waals surface area contributed by atoms with Crippen molar-refractivity contribution in [2.24, 2.45) is 5.10 Å². The summed E-state index contributed by atoms with van der Waals surface area (Å²) in [7, 11) is 0. The second-order valence-electron chi connectivity index (χ2n) is 5.69. The summed E-state index contributed by atoms with van der Waals surface area (Å²) < 4.78 is 0. The Labute approximate surface area is 140 Å². The summed E-state index contributed by atoms with van der Waals surface area (Å²) in [5.74, 6) is -0.113. The van der Waals surface area contributed by atoms with Crippen molar-refractivity contribution in [3.63, 3.8) is 0 Å². The molecule has 0 saturated heterocycles. The molecule has 0 aliphatic carbocycles. The number of aryl methyl sites for hydroxylation is 1. The van der Waals surface area contributed by atoms with Gasteiger partial charge in [-0.25, -0.2) is 5.43 Å². The fraction of sp³-hybridized carbons (Fsp3) is 0.100. The average Bonchev–Trinajstić information content (AvgIpc) is 2.60. The number of benzene rings is 3. The smallest absolute Gasteiger partial charge is 0.271 e. The number of nitrogens with zero attached hydrogens (tertiary/aromatic N) is 1. The normalized spacial score (nSPS) is 11.5. The monoisotopic (exact) mass is 318 g/mol. The van der Waals surface area contributed by atoms with Gasteiger partial charge in [0.1, 0.15) is 5.75 Å². The summed E-state index contributed by atoms with van der Waals surface area (Å²) in [5.41, 5.74) is 5.23. The Morgan fingerprint density at radius 3 is 2.62 bits per heavy atom. The highest BCUT2D eigenvalue weighted by molar-refractivity contribution is 6.07. The molecule has 3 aromatic carbocycles. The van der Waals surface area contributed by atoms with Crippen molar-refractivity contribution in [1.29, 1.82) is 0 Å². The van der Waals surface area contributed by atoms with E-state index >= 15 is 0 Å². The van der Waals surface area contributed by atoms with Gasteiger partial charge < -0.3 is 5.11 Å². The minimum atomic E-state index is -0.279. The lowest BCUT2D eigenvalue weighted by Gasteiger charge is -2.08. The van der Waals surface area contributed by atoms with E-state index in [9.17, 15) is 9.90 Å². The zero-order valence-corrected chi connectivity index (χ0v) is 13.6. The van der Waals surface area contributed by atoms with Crippen molar-refractivity contribution in [1.82, 2.24) is 5.43 Å². The molecule has 0 aliphatic heterocycles. The Kier molecular flexibility index (Phi) is 4.29. The Morgan fingerprint density at radius 1 is 1.04 bits per heavy atom. The van der Waals surface area contributed by atoms with Crippen LogP contribution in [0, 0.1) is 6.92 Å². The minimum Gasteiger partial charge on any atom is -0.507 e. The van der Waals surface area contributed by atoms with Crippen molar-refractivity contribution < 1.29 is 9.90 Å². The quantitative estimate of drug-likeness (QED) is 0.566. The molecule has 4 nitrogen and oxygen atoms in total. The Bertz CT molecular complexity index is 945. The lowest BCUT2D eigenvalue weighted by atomic mass is 10.0. The summed E-state index contributed by atoms with van der Waals surface area (Å²) in [6, 6.07) is 18.6. The summed E-state index contributed by atoms with van der Waals surface area (Å²) in [6.07, 6.45) is 0. The number of fused-ring (bicyclic) bond motifs is 1. The Hall–Kier alpha value is -3.14. The Balaban J connectivity index is 1.86. The molecule has 0 saturated carbocycles. The molecule has 24 heavy (non-hydrogen) atoms. The molecular weight excluding hydrogens is 300 g/mol. The molecule has 3 aromatic rings. The van der Waals surface area contributed by atoms with Crippen LogP contribution in [0.2, 0.25) is 0 Å². The first-order valence-corrected chi connectivity index (χ1v) is 7.68. The second kappa shape index (κ2) is 6.54. The number of amides is 1. The van der Waals surface area contributed by atoms with Crippen molar-refractivity contribution >= 4 is 22.4 Å². The van der Waals surface area contributed by atoms with E-state index in [0.29, 0.717) is 16.8 Å². The molecule has 0 atom stereocenters. The summed E-state index contributed by atoms with van der Waals surface area (Å²) in [6.45, 7) is 3.68. The van der Waals surface area contributed by atoms with Gasteiger partial charge in [-0.05, 0) is 37.4 Å². The molecule has 120 valence electrons. The van der Waals surface area contributed by atoms with E-state index in [0.717, 1.165) is 16.3 Å². The molecule has 2 N–H and O–H groups in total. The van der Waals surface area contributed by atoms with Crippen LogP contribution in [0.15, 0.2) is 65.8 Å². The van der Waals surface area contributed by atoms with Crippen molar-refractivity contribution in [3.8, 4) is 5.75 Å². The Morgan fingerprint density at radius 2 is 1.83 bits per heavy atom. The van der Waals surface area contributed by atoms with Crippen molar-refractivity contribution in [3.05, 3.63) is 77.4 Å². The maximum absolute atomic E-state index is 12.1. The van der Waals surface area contributed by atoms with E-state index in [4.69, 9.17) is 0 Å². The van der Waals surface area contributed by atoms with Crippen LogP contribution in [0.4, 0.5) is 0 Å². The highest BCUT2D eigenvalue weighted by atomic mass is 16.3. The van der Waals surface area contributed by atoms with Crippen LogP contribution in [-0.2, 0) is 0 Å². The summed E-state index contributed by atoms with van der Waals surface area (Å²) in [5, 5.41) is 16.3. The van der Waals surface area contributed by atoms with E-state index in [1.807, 2.05) is 49.4 Å². The molecule has 3 rings (SSSR count). The van der Waals surface area contributed by atoms with Crippen molar-refractivity contribution in [2.45, 2.75) is 13.8 Å². The van der Waals surface area contributed by atoms with Gasteiger partial charge in [0.25, 0.3) is 5.91 Å². The predicted octanol–water partition coefficient (Wildman–Crippen LogP) is 4.01. The standard InChI is InChI=1S/C20H18N2O2/c1-13-6-5-8-16(12-13)20(24)22-21-14(2)17-11-10-15-7-3-4-9-18(15)19(17)23/h3-12,23H,1-2H3,(H,22,24). The number of rotatable bonds is 3. The second-order valence-corrected chi connectivity index (χ2v) is 5.69. The zero-order chi connectivity index (χ0) is 17.1. The van der Waals surface area contributed by atoms with Crippen LogP contribution in [0.5, 0.6) is 5.75 Å². The van der Waals surface area contributed by atoms with E-state index in [2.05, 4.69) is 10.5 Å². The molecule has 0 spiro atoms. The van der Waals surface area contributed by atoms with E-state index < -0.39 is 0 Å². The molecule has 0 fully saturated rings. The van der Waals surface area contributed by atoms with Gasteiger partial charge in [0.05, 0.1) is 5.71 Å². The maximum Gasteiger partial charge on any atom is 0.271 e.